The fourth-order valence-corrected chi connectivity index (χ4v) is 3.21. The minimum absolute atomic E-state index is 0.0837. The Balaban J connectivity index is 1.70. The van der Waals surface area contributed by atoms with Gasteiger partial charge in [0.05, 0.1) is 5.56 Å². The van der Waals surface area contributed by atoms with E-state index in [4.69, 9.17) is 4.74 Å². The van der Waals surface area contributed by atoms with E-state index in [-0.39, 0.29) is 17.7 Å². The molecule has 0 saturated carbocycles. The molecule has 0 bridgehead atoms. The summed E-state index contributed by atoms with van der Waals surface area (Å²) < 4.78 is 56.1. The van der Waals surface area contributed by atoms with Crippen molar-refractivity contribution in [2.75, 3.05) is 19.8 Å². The van der Waals surface area contributed by atoms with Crippen molar-refractivity contribution in [1.29, 1.82) is 0 Å². The number of carbonyl (C=O) groups excluding carboxylic acids is 1. The van der Waals surface area contributed by atoms with Gasteiger partial charge in [0, 0.05) is 23.5 Å². The maximum absolute atomic E-state index is 12.7. The van der Waals surface area contributed by atoms with E-state index in [9.17, 15) is 22.4 Å². The van der Waals surface area contributed by atoms with Gasteiger partial charge in [-0.25, -0.2) is 4.39 Å². The molecule has 0 spiro atoms. The molecule has 0 unspecified atom stereocenters. The third-order valence-corrected chi connectivity index (χ3v) is 4.91. The lowest BCUT2D eigenvalue weighted by atomic mass is 10.1. The third kappa shape index (κ3) is 6.20. The highest BCUT2D eigenvalue weighted by Gasteiger charge is 2.30. The van der Waals surface area contributed by atoms with E-state index in [2.05, 4.69) is 10.6 Å². The number of hydrogen-bond acceptors (Lipinski definition) is 3. The van der Waals surface area contributed by atoms with E-state index in [0.717, 1.165) is 22.9 Å². The van der Waals surface area contributed by atoms with Crippen molar-refractivity contribution in [3.8, 4) is 11.5 Å². The Bertz CT molecular complexity index is 1050. The molecule has 0 aromatic heterocycles. The number of ether oxygens (including phenoxy) is 1. The molecule has 1 amide bonds. The fraction of sp³-hybridized carbons (Fsp3) is 0.292. The number of nitrogens with one attached hydrogen (secondary N) is 2. The lowest BCUT2D eigenvalue weighted by Crippen LogP contribution is -2.35. The van der Waals surface area contributed by atoms with Gasteiger partial charge in [-0.15, -0.1) is 0 Å². The highest BCUT2D eigenvalue weighted by molar-refractivity contribution is 6.00. The van der Waals surface area contributed by atoms with Gasteiger partial charge in [-0.2, -0.15) is 13.2 Å². The molecular formula is C24H24F4N2O2. The Kier molecular flexibility index (Phi) is 7.69. The van der Waals surface area contributed by atoms with Crippen molar-refractivity contribution in [2.45, 2.75) is 25.6 Å². The lowest BCUT2D eigenvalue weighted by molar-refractivity contribution is -0.137. The van der Waals surface area contributed by atoms with Crippen LogP contribution in [0.2, 0.25) is 0 Å². The summed E-state index contributed by atoms with van der Waals surface area (Å²) in [5, 5.41) is 7.35. The lowest BCUT2D eigenvalue weighted by Gasteiger charge is -2.15. The highest BCUT2D eigenvalue weighted by Crippen LogP contribution is 2.33. The van der Waals surface area contributed by atoms with Crippen LogP contribution in [0.5, 0.6) is 11.5 Å². The minimum Gasteiger partial charge on any atom is -0.457 e. The molecule has 4 nitrogen and oxygen atoms in total. The Morgan fingerprint density at radius 2 is 1.78 bits per heavy atom. The number of fused-ring (bicyclic) bond motifs is 1. The minimum atomic E-state index is -4.41. The van der Waals surface area contributed by atoms with E-state index < -0.39 is 18.4 Å². The largest absolute Gasteiger partial charge is 0.457 e. The van der Waals surface area contributed by atoms with Crippen LogP contribution < -0.4 is 15.4 Å². The molecule has 1 atom stereocenters. The summed E-state index contributed by atoms with van der Waals surface area (Å²) in [5.74, 6) is 0.531. The van der Waals surface area contributed by atoms with Crippen molar-refractivity contribution in [1.82, 2.24) is 10.6 Å². The van der Waals surface area contributed by atoms with Crippen LogP contribution in [0.15, 0.2) is 60.7 Å². The first kappa shape index (κ1) is 23.5. The van der Waals surface area contributed by atoms with Crippen molar-refractivity contribution < 1.29 is 27.1 Å². The standard InChI is InChI=1S/C24H24F4N2O2/c1-16(11-13-29-14-12-25)30-23(31)18-5-10-21-17(15-18)3-2-4-22(21)32-20-8-6-19(7-9-20)24(26,27)28/h2-10,15-16,29H,11-14H2,1H3,(H,30,31)/t16-/m1/s1. The van der Waals surface area contributed by atoms with Crippen LogP contribution in [0.4, 0.5) is 17.6 Å². The molecule has 0 heterocycles. The van der Waals surface area contributed by atoms with Crippen LogP contribution in [0.1, 0.15) is 29.3 Å². The van der Waals surface area contributed by atoms with E-state index >= 15 is 0 Å². The molecule has 0 fully saturated rings. The number of rotatable bonds is 9. The van der Waals surface area contributed by atoms with Gasteiger partial charge in [0.2, 0.25) is 0 Å². The number of halogens is 4. The van der Waals surface area contributed by atoms with Crippen LogP contribution in [-0.4, -0.2) is 31.7 Å². The Morgan fingerprint density at radius 1 is 1.03 bits per heavy atom. The van der Waals surface area contributed by atoms with Gasteiger partial charge in [0.15, 0.2) is 0 Å². The van der Waals surface area contributed by atoms with E-state index in [1.807, 2.05) is 13.0 Å². The number of benzene rings is 3. The van der Waals surface area contributed by atoms with Crippen LogP contribution in [-0.2, 0) is 6.18 Å². The molecule has 0 aliphatic heterocycles. The van der Waals surface area contributed by atoms with Gasteiger partial charge >= 0.3 is 6.18 Å². The second-order valence-corrected chi connectivity index (χ2v) is 7.42. The van der Waals surface area contributed by atoms with E-state index in [1.165, 1.54) is 12.1 Å². The van der Waals surface area contributed by atoms with Crippen LogP contribution in [0.25, 0.3) is 10.8 Å². The molecule has 2 N–H and O–H groups in total. The van der Waals surface area contributed by atoms with Crippen molar-refractivity contribution >= 4 is 16.7 Å². The molecule has 32 heavy (non-hydrogen) atoms. The van der Waals surface area contributed by atoms with Gasteiger partial charge in [-0.3, -0.25) is 4.79 Å². The molecule has 8 heteroatoms. The molecule has 3 aromatic carbocycles. The summed E-state index contributed by atoms with van der Waals surface area (Å²) in [7, 11) is 0. The van der Waals surface area contributed by atoms with Gasteiger partial charge < -0.3 is 15.4 Å². The topological polar surface area (TPSA) is 50.4 Å². The molecule has 3 rings (SSSR count). The second kappa shape index (κ2) is 10.5. The fourth-order valence-electron chi connectivity index (χ4n) is 3.21. The van der Waals surface area contributed by atoms with E-state index in [0.29, 0.717) is 30.8 Å². The van der Waals surface area contributed by atoms with Crippen LogP contribution >= 0.6 is 0 Å². The molecule has 0 radical (unpaired) electrons. The van der Waals surface area contributed by atoms with Gasteiger partial charge in [0.1, 0.15) is 18.2 Å². The first-order chi connectivity index (χ1) is 15.3. The second-order valence-electron chi connectivity index (χ2n) is 7.42. The first-order valence-electron chi connectivity index (χ1n) is 10.2. The average molecular weight is 448 g/mol. The average Bonchev–Trinajstić information content (AvgIpc) is 2.76. The predicted molar refractivity (Wildman–Crippen MR) is 116 cm³/mol. The van der Waals surface area contributed by atoms with Crippen LogP contribution in [0, 0.1) is 0 Å². The molecule has 3 aromatic rings. The Hall–Kier alpha value is -3.13. The quantitative estimate of drug-likeness (QED) is 0.325. The summed E-state index contributed by atoms with van der Waals surface area (Å²) >= 11 is 0. The predicted octanol–water partition coefficient (Wildman–Crippen LogP) is 5.72. The molecule has 170 valence electrons. The third-order valence-electron chi connectivity index (χ3n) is 4.91. The normalized spacial score (nSPS) is 12.5. The summed E-state index contributed by atoms with van der Waals surface area (Å²) in [6.07, 6.45) is -3.73. The van der Waals surface area contributed by atoms with Gasteiger partial charge in [-0.1, -0.05) is 12.1 Å². The molecule has 0 aliphatic carbocycles. The number of hydrogen-bond donors (Lipinski definition) is 2. The SMILES string of the molecule is C[C@H](CCNCCF)NC(=O)c1ccc2c(Oc3ccc(C(F)(F)F)cc3)cccc2c1. The van der Waals surface area contributed by atoms with Gasteiger partial charge in [0.25, 0.3) is 5.91 Å². The highest BCUT2D eigenvalue weighted by atomic mass is 19.4. The zero-order valence-corrected chi connectivity index (χ0v) is 17.5. The first-order valence-corrected chi connectivity index (χ1v) is 10.2. The molecular weight excluding hydrogens is 424 g/mol. The summed E-state index contributed by atoms with van der Waals surface area (Å²) in [6, 6.07) is 14.8. The zero-order chi connectivity index (χ0) is 23.1. The number of amides is 1. The molecule has 0 aliphatic rings. The summed E-state index contributed by atoms with van der Waals surface area (Å²) in [6.45, 7) is 2.35. The van der Waals surface area contributed by atoms with Gasteiger partial charge in [-0.05, 0) is 73.8 Å². The maximum Gasteiger partial charge on any atom is 0.416 e. The van der Waals surface area contributed by atoms with Crippen molar-refractivity contribution in [3.63, 3.8) is 0 Å². The zero-order valence-electron chi connectivity index (χ0n) is 17.5. The number of carbonyl (C=O) groups is 1. The Morgan fingerprint density at radius 3 is 2.47 bits per heavy atom. The van der Waals surface area contributed by atoms with Crippen molar-refractivity contribution in [3.05, 3.63) is 71.8 Å². The van der Waals surface area contributed by atoms with Crippen LogP contribution in [0.3, 0.4) is 0 Å². The van der Waals surface area contributed by atoms with E-state index in [1.54, 1.807) is 30.3 Å². The Labute approximate surface area is 183 Å². The maximum atomic E-state index is 12.7. The summed E-state index contributed by atoms with van der Waals surface area (Å²) in [5.41, 5.74) is -0.265. The molecule has 0 saturated heterocycles. The smallest absolute Gasteiger partial charge is 0.416 e. The monoisotopic (exact) mass is 448 g/mol. The summed E-state index contributed by atoms with van der Waals surface area (Å²) in [4.78, 5) is 12.6. The van der Waals surface area contributed by atoms with Crippen molar-refractivity contribution in [2.24, 2.45) is 0 Å². The number of alkyl halides is 4.